The van der Waals surface area contributed by atoms with E-state index in [0.29, 0.717) is 0 Å². The molecule has 0 aromatic rings. The van der Waals surface area contributed by atoms with Crippen LogP contribution in [-0.4, -0.2) is 5.54 Å². The highest BCUT2D eigenvalue weighted by Crippen LogP contribution is 2.41. The maximum Gasteiger partial charge on any atom is 0.0218 e. The summed E-state index contributed by atoms with van der Waals surface area (Å²) in [5, 5.41) is 0. The van der Waals surface area contributed by atoms with Crippen molar-refractivity contribution in [2.24, 2.45) is 11.1 Å². The lowest BCUT2D eigenvalue weighted by molar-refractivity contribution is 0.196. The van der Waals surface area contributed by atoms with Crippen molar-refractivity contribution in [1.82, 2.24) is 0 Å². The third kappa shape index (κ3) is 2.27. The van der Waals surface area contributed by atoms with Crippen molar-refractivity contribution in [1.29, 1.82) is 0 Å². The van der Waals surface area contributed by atoms with Crippen LogP contribution in [0.2, 0.25) is 0 Å². The van der Waals surface area contributed by atoms with Crippen LogP contribution in [0, 0.1) is 5.41 Å². The molecule has 1 heteroatoms. The standard InChI is InChI=1S/C13H25N/c1-7-10-11(4)12(5,8-2)13(6,14)9-3/h7,10H,4,8-9,14H2,1-3,5-6H3/b10-7-. The van der Waals surface area contributed by atoms with E-state index in [1.165, 1.54) is 0 Å². The maximum absolute atomic E-state index is 6.34. The lowest BCUT2D eigenvalue weighted by Crippen LogP contribution is -2.51. The summed E-state index contributed by atoms with van der Waals surface area (Å²) in [7, 11) is 0. The summed E-state index contributed by atoms with van der Waals surface area (Å²) in [5.74, 6) is 0. The first-order valence-electron chi connectivity index (χ1n) is 5.46. The molecule has 0 amide bonds. The highest BCUT2D eigenvalue weighted by atomic mass is 14.8. The molecular formula is C13H25N. The highest BCUT2D eigenvalue weighted by molar-refractivity contribution is 5.27. The fourth-order valence-electron chi connectivity index (χ4n) is 1.77. The lowest BCUT2D eigenvalue weighted by Gasteiger charge is -2.44. The van der Waals surface area contributed by atoms with E-state index in [2.05, 4.69) is 40.3 Å². The zero-order valence-corrected chi connectivity index (χ0v) is 10.4. The summed E-state index contributed by atoms with van der Waals surface area (Å²) in [6.45, 7) is 14.8. The molecule has 0 fully saturated rings. The van der Waals surface area contributed by atoms with E-state index in [0.717, 1.165) is 18.4 Å². The van der Waals surface area contributed by atoms with Crippen LogP contribution in [0.1, 0.15) is 47.5 Å². The molecule has 2 atom stereocenters. The summed E-state index contributed by atoms with van der Waals surface area (Å²) in [4.78, 5) is 0. The number of allylic oxidation sites excluding steroid dienone is 2. The van der Waals surface area contributed by atoms with Crippen LogP contribution in [0.5, 0.6) is 0 Å². The maximum atomic E-state index is 6.34. The van der Waals surface area contributed by atoms with Gasteiger partial charge in [0.25, 0.3) is 0 Å². The molecule has 0 aromatic heterocycles. The highest BCUT2D eigenvalue weighted by Gasteiger charge is 2.39. The summed E-state index contributed by atoms with van der Waals surface area (Å²) in [6, 6.07) is 0. The molecule has 14 heavy (non-hydrogen) atoms. The predicted octanol–water partition coefficient (Wildman–Crippen LogP) is 3.66. The zero-order valence-electron chi connectivity index (χ0n) is 10.4. The fraction of sp³-hybridized carbons (Fsp3) is 0.692. The van der Waals surface area contributed by atoms with Crippen LogP contribution in [0.3, 0.4) is 0 Å². The van der Waals surface area contributed by atoms with Gasteiger partial charge in [-0.1, -0.05) is 39.5 Å². The van der Waals surface area contributed by atoms with Gasteiger partial charge in [-0.2, -0.15) is 0 Å². The monoisotopic (exact) mass is 195 g/mol. The number of nitrogens with two attached hydrogens (primary N) is 1. The van der Waals surface area contributed by atoms with Crippen molar-refractivity contribution in [2.75, 3.05) is 0 Å². The van der Waals surface area contributed by atoms with E-state index in [9.17, 15) is 0 Å². The summed E-state index contributed by atoms with van der Waals surface area (Å²) >= 11 is 0. The molecule has 0 saturated carbocycles. The molecule has 0 saturated heterocycles. The average Bonchev–Trinajstić information content (AvgIpc) is 2.16. The van der Waals surface area contributed by atoms with Crippen molar-refractivity contribution in [3.63, 3.8) is 0 Å². The van der Waals surface area contributed by atoms with Gasteiger partial charge >= 0.3 is 0 Å². The molecule has 2 unspecified atom stereocenters. The SMILES string of the molecule is C=C(/C=C\C)C(C)(CC)C(C)(N)CC. The van der Waals surface area contributed by atoms with E-state index in [1.807, 2.05) is 13.0 Å². The van der Waals surface area contributed by atoms with Gasteiger partial charge in [0.15, 0.2) is 0 Å². The van der Waals surface area contributed by atoms with Gasteiger partial charge in [0.05, 0.1) is 0 Å². The van der Waals surface area contributed by atoms with E-state index >= 15 is 0 Å². The van der Waals surface area contributed by atoms with E-state index in [4.69, 9.17) is 5.73 Å². The predicted molar refractivity (Wildman–Crippen MR) is 65.2 cm³/mol. The van der Waals surface area contributed by atoms with Gasteiger partial charge < -0.3 is 5.73 Å². The van der Waals surface area contributed by atoms with Gasteiger partial charge in [0.1, 0.15) is 0 Å². The van der Waals surface area contributed by atoms with Crippen molar-refractivity contribution in [2.45, 2.75) is 53.0 Å². The first kappa shape index (κ1) is 13.4. The van der Waals surface area contributed by atoms with Crippen LogP contribution >= 0.6 is 0 Å². The fourth-order valence-corrected chi connectivity index (χ4v) is 1.77. The molecule has 0 rings (SSSR count). The Morgan fingerprint density at radius 3 is 2.07 bits per heavy atom. The van der Waals surface area contributed by atoms with Crippen LogP contribution in [0.4, 0.5) is 0 Å². The third-order valence-electron chi connectivity index (χ3n) is 3.78. The Morgan fingerprint density at radius 1 is 1.29 bits per heavy atom. The van der Waals surface area contributed by atoms with Gasteiger partial charge in [-0.15, -0.1) is 0 Å². The van der Waals surface area contributed by atoms with E-state index < -0.39 is 0 Å². The Kier molecular flexibility index (Phi) is 4.60. The molecule has 2 N–H and O–H groups in total. The Balaban J connectivity index is 5.07. The zero-order chi connectivity index (χ0) is 11.4. The number of hydrogen-bond donors (Lipinski definition) is 1. The molecule has 0 spiro atoms. The van der Waals surface area contributed by atoms with Crippen molar-refractivity contribution in [3.05, 3.63) is 24.3 Å². The molecule has 0 bridgehead atoms. The Labute approximate surface area is 89.1 Å². The molecule has 1 nitrogen and oxygen atoms in total. The second-order valence-electron chi connectivity index (χ2n) is 4.48. The molecule has 0 radical (unpaired) electrons. The number of rotatable bonds is 5. The molecule has 0 aliphatic heterocycles. The van der Waals surface area contributed by atoms with Gasteiger partial charge in [-0.3, -0.25) is 0 Å². The molecular weight excluding hydrogens is 170 g/mol. The van der Waals surface area contributed by atoms with Crippen LogP contribution in [0.15, 0.2) is 24.3 Å². The Hall–Kier alpha value is -0.560. The van der Waals surface area contributed by atoms with E-state index in [1.54, 1.807) is 0 Å². The largest absolute Gasteiger partial charge is 0.325 e. The van der Waals surface area contributed by atoms with Gasteiger partial charge in [0, 0.05) is 11.0 Å². The topological polar surface area (TPSA) is 26.0 Å². The summed E-state index contributed by atoms with van der Waals surface area (Å²) in [5.41, 5.74) is 7.29. The molecule has 0 heterocycles. The smallest absolute Gasteiger partial charge is 0.0218 e. The summed E-state index contributed by atoms with van der Waals surface area (Å²) in [6.07, 6.45) is 6.09. The van der Waals surface area contributed by atoms with Gasteiger partial charge in [0.2, 0.25) is 0 Å². The summed E-state index contributed by atoms with van der Waals surface area (Å²) < 4.78 is 0. The Bertz CT molecular complexity index is 225. The molecule has 82 valence electrons. The van der Waals surface area contributed by atoms with Gasteiger partial charge in [-0.25, -0.2) is 0 Å². The minimum absolute atomic E-state index is 0.00569. The molecule has 0 aliphatic rings. The third-order valence-corrected chi connectivity index (χ3v) is 3.78. The minimum atomic E-state index is -0.182. The normalized spacial score (nSPS) is 20.4. The quantitative estimate of drug-likeness (QED) is 0.666. The first-order valence-corrected chi connectivity index (χ1v) is 5.46. The van der Waals surface area contributed by atoms with E-state index in [-0.39, 0.29) is 11.0 Å². The van der Waals surface area contributed by atoms with Crippen molar-refractivity contribution >= 4 is 0 Å². The molecule has 0 aromatic carbocycles. The van der Waals surface area contributed by atoms with Crippen LogP contribution < -0.4 is 5.73 Å². The second-order valence-corrected chi connectivity index (χ2v) is 4.48. The van der Waals surface area contributed by atoms with Crippen molar-refractivity contribution < 1.29 is 0 Å². The van der Waals surface area contributed by atoms with Crippen LogP contribution in [0.25, 0.3) is 0 Å². The van der Waals surface area contributed by atoms with Crippen molar-refractivity contribution in [3.8, 4) is 0 Å². The molecule has 0 aliphatic carbocycles. The van der Waals surface area contributed by atoms with Crippen LogP contribution in [-0.2, 0) is 0 Å². The van der Waals surface area contributed by atoms with Gasteiger partial charge in [-0.05, 0) is 32.3 Å². The number of hydrogen-bond acceptors (Lipinski definition) is 1. The average molecular weight is 195 g/mol. The Morgan fingerprint density at radius 2 is 1.79 bits per heavy atom. The minimum Gasteiger partial charge on any atom is -0.325 e. The second kappa shape index (κ2) is 4.79. The lowest BCUT2D eigenvalue weighted by atomic mass is 9.65. The first-order chi connectivity index (χ1) is 6.35.